The minimum Gasteiger partial charge on any atom is -0.492 e. The van der Waals surface area contributed by atoms with Gasteiger partial charge in [-0.3, -0.25) is 9.80 Å². The van der Waals surface area contributed by atoms with Crippen LogP contribution < -0.4 is 10.1 Å². The van der Waals surface area contributed by atoms with Crippen LogP contribution in [0.3, 0.4) is 0 Å². The van der Waals surface area contributed by atoms with Gasteiger partial charge in [-0.25, -0.2) is 13.9 Å². The zero-order chi connectivity index (χ0) is 20.1. The molecule has 4 bridgehead atoms. The average Bonchev–Trinajstić information content (AvgIpc) is 3.38. The van der Waals surface area contributed by atoms with Gasteiger partial charge in [-0.05, 0) is 43.7 Å². The van der Waals surface area contributed by atoms with Crippen LogP contribution in [0.1, 0.15) is 12.8 Å². The van der Waals surface area contributed by atoms with Crippen LogP contribution in [0.25, 0.3) is 16.8 Å². The molecule has 2 fully saturated rings. The molecule has 5 heterocycles. The Balaban J connectivity index is 1.39. The summed E-state index contributed by atoms with van der Waals surface area (Å²) in [6.45, 7) is 5.62. The van der Waals surface area contributed by atoms with E-state index in [-0.39, 0.29) is 5.82 Å². The molecule has 3 aliphatic heterocycles. The van der Waals surface area contributed by atoms with Crippen LogP contribution in [-0.4, -0.2) is 75.8 Å². The van der Waals surface area contributed by atoms with E-state index in [0.29, 0.717) is 41.2 Å². The first-order valence-electron chi connectivity index (χ1n) is 10.7. The number of halogens is 1. The van der Waals surface area contributed by atoms with E-state index in [1.165, 1.54) is 25.5 Å². The van der Waals surface area contributed by atoms with Crippen molar-refractivity contribution in [1.82, 2.24) is 24.4 Å². The zero-order valence-corrected chi connectivity index (χ0v) is 16.8. The van der Waals surface area contributed by atoms with Crippen LogP contribution in [0.2, 0.25) is 0 Å². The molecule has 2 atom stereocenters. The van der Waals surface area contributed by atoms with Crippen molar-refractivity contribution in [2.24, 2.45) is 0 Å². The largest absolute Gasteiger partial charge is 0.492 e. The molecule has 0 aliphatic carbocycles. The number of nitrogens with one attached hydrogen (secondary N) is 1. The van der Waals surface area contributed by atoms with Crippen LogP contribution in [0.4, 0.5) is 10.2 Å². The first kappa shape index (κ1) is 18.1. The van der Waals surface area contributed by atoms with Gasteiger partial charge >= 0.3 is 0 Å². The fraction of sp³-hybridized carbons (Fsp3) is 0.455. The van der Waals surface area contributed by atoms with Crippen molar-refractivity contribution in [1.29, 1.82) is 0 Å². The number of benzene rings is 1. The third-order valence-corrected chi connectivity index (χ3v) is 6.65. The minimum atomic E-state index is -0.302. The average molecular weight is 408 g/mol. The molecular weight excluding hydrogens is 383 g/mol. The molecule has 7 nitrogen and oxygen atoms in total. The summed E-state index contributed by atoms with van der Waals surface area (Å²) < 4.78 is 22.6. The number of rotatable bonds is 0. The van der Waals surface area contributed by atoms with Crippen LogP contribution in [-0.2, 0) is 0 Å². The van der Waals surface area contributed by atoms with E-state index in [1.807, 2.05) is 12.3 Å². The molecule has 8 heteroatoms. The first-order chi connectivity index (χ1) is 14.7. The quantitative estimate of drug-likeness (QED) is 0.617. The summed E-state index contributed by atoms with van der Waals surface area (Å²) in [5.74, 6) is 1.16. The van der Waals surface area contributed by atoms with Gasteiger partial charge in [0.25, 0.3) is 0 Å². The third-order valence-electron chi connectivity index (χ3n) is 6.65. The third kappa shape index (κ3) is 3.11. The van der Waals surface area contributed by atoms with E-state index >= 15 is 0 Å². The van der Waals surface area contributed by atoms with E-state index in [9.17, 15) is 4.39 Å². The second-order valence-corrected chi connectivity index (χ2v) is 8.46. The Labute approximate surface area is 174 Å². The van der Waals surface area contributed by atoms with Gasteiger partial charge in [0.15, 0.2) is 5.65 Å². The number of piperazine rings is 1. The molecule has 30 heavy (non-hydrogen) atoms. The Morgan fingerprint density at radius 2 is 1.97 bits per heavy atom. The molecule has 0 radical (unpaired) electrons. The highest BCUT2D eigenvalue weighted by Gasteiger charge is 2.36. The van der Waals surface area contributed by atoms with Gasteiger partial charge in [0.2, 0.25) is 0 Å². The number of anilines is 1. The lowest BCUT2D eigenvalue weighted by atomic mass is 10.1. The Morgan fingerprint density at radius 3 is 2.93 bits per heavy atom. The molecule has 2 saturated heterocycles. The normalized spacial score (nSPS) is 24.7. The van der Waals surface area contributed by atoms with E-state index in [0.717, 1.165) is 32.0 Å². The maximum absolute atomic E-state index is 14.7. The lowest BCUT2D eigenvalue weighted by Gasteiger charge is -2.43. The van der Waals surface area contributed by atoms with Gasteiger partial charge < -0.3 is 10.1 Å². The predicted octanol–water partition coefficient (Wildman–Crippen LogP) is 2.49. The van der Waals surface area contributed by atoms with E-state index in [4.69, 9.17) is 9.72 Å². The van der Waals surface area contributed by atoms with Gasteiger partial charge in [0.1, 0.15) is 24.0 Å². The highest BCUT2D eigenvalue weighted by atomic mass is 19.1. The molecule has 3 aromatic rings. The van der Waals surface area contributed by atoms with Crippen molar-refractivity contribution in [2.75, 3.05) is 44.6 Å². The van der Waals surface area contributed by atoms with Crippen molar-refractivity contribution in [3.63, 3.8) is 0 Å². The summed E-state index contributed by atoms with van der Waals surface area (Å²) in [6.07, 6.45) is 6.08. The summed E-state index contributed by atoms with van der Waals surface area (Å²) in [6, 6.07) is 7.84. The highest BCUT2D eigenvalue weighted by Crippen LogP contribution is 2.31. The first-order valence-corrected chi connectivity index (χ1v) is 10.7. The van der Waals surface area contributed by atoms with Crippen molar-refractivity contribution < 1.29 is 9.13 Å². The molecule has 3 aliphatic rings. The van der Waals surface area contributed by atoms with E-state index in [2.05, 4.69) is 20.2 Å². The van der Waals surface area contributed by atoms with Crippen molar-refractivity contribution in [2.45, 2.75) is 24.9 Å². The van der Waals surface area contributed by atoms with Gasteiger partial charge in [-0.2, -0.15) is 5.10 Å². The number of fused-ring (bicyclic) bond motifs is 6. The van der Waals surface area contributed by atoms with Gasteiger partial charge in [-0.1, -0.05) is 0 Å². The standard InChI is InChI=1S/C22H25FN6O/c23-20-4-3-17-10-18(20)19-11-25-29-8-5-21(26-22(19)29)24-6-9-28-12-15-2-1-7-27(15)13-16(28)14-30-17/h3-5,8,10-11,15-16H,1-2,6-7,9,12-14H2,(H,24,26)/t15-,16-/m1/s1. The summed E-state index contributed by atoms with van der Waals surface area (Å²) in [5, 5.41) is 7.79. The van der Waals surface area contributed by atoms with Gasteiger partial charge in [0.05, 0.1) is 12.2 Å². The maximum atomic E-state index is 14.7. The van der Waals surface area contributed by atoms with E-state index in [1.54, 1.807) is 22.8 Å². The number of aromatic nitrogens is 3. The Hall–Kier alpha value is -2.71. The van der Waals surface area contributed by atoms with E-state index < -0.39 is 0 Å². The number of hydrogen-bond donors (Lipinski definition) is 1. The number of ether oxygens (including phenoxy) is 1. The highest BCUT2D eigenvalue weighted by molar-refractivity contribution is 5.78. The maximum Gasteiger partial charge on any atom is 0.165 e. The number of nitrogens with zero attached hydrogens (tertiary/aromatic N) is 5. The smallest absolute Gasteiger partial charge is 0.165 e. The molecule has 1 N–H and O–H groups in total. The monoisotopic (exact) mass is 408 g/mol. The van der Waals surface area contributed by atoms with Crippen LogP contribution in [0, 0.1) is 5.82 Å². The molecule has 0 unspecified atom stereocenters. The molecule has 1 aromatic carbocycles. The summed E-state index contributed by atoms with van der Waals surface area (Å²) in [5.41, 5.74) is 1.76. The Kier molecular flexibility index (Phi) is 4.35. The van der Waals surface area contributed by atoms with Crippen LogP contribution in [0.5, 0.6) is 5.75 Å². The molecule has 0 saturated carbocycles. The molecular formula is C22H25FN6O. The molecule has 0 amide bonds. The lowest BCUT2D eigenvalue weighted by molar-refractivity contribution is 0.0301. The SMILES string of the molecule is Fc1ccc2cc1-c1cnn3ccc(nc13)NCCN1C[C@H]3CCCN3C[C@@H]1CO2. The van der Waals surface area contributed by atoms with Crippen molar-refractivity contribution >= 4 is 11.5 Å². The van der Waals surface area contributed by atoms with Crippen molar-refractivity contribution in [3.05, 3.63) is 42.5 Å². The molecule has 6 rings (SSSR count). The fourth-order valence-electron chi connectivity index (χ4n) is 5.06. The topological polar surface area (TPSA) is 57.9 Å². The van der Waals surface area contributed by atoms with Gasteiger partial charge in [0, 0.05) is 49.5 Å². The van der Waals surface area contributed by atoms with Crippen LogP contribution >= 0.6 is 0 Å². The molecule has 2 aromatic heterocycles. The second-order valence-electron chi connectivity index (χ2n) is 8.46. The molecule has 0 spiro atoms. The summed E-state index contributed by atoms with van der Waals surface area (Å²) in [7, 11) is 0. The second kappa shape index (κ2) is 7.21. The summed E-state index contributed by atoms with van der Waals surface area (Å²) in [4.78, 5) is 9.85. The van der Waals surface area contributed by atoms with Gasteiger partial charge in [-0.15, -0.1) is 0 Å². The fourth-order valence-corrected chi connectivity index (χ4v) is 5.06. The van der Waals surface area contributed by atoms with Crippen molar-refractivity contribution in [3.8, 4) is 16.9 Å². The minimum absolute atomic E-state index is 0.302. The molecule has 156 valence electrons. The number of hydrogen-bond acceptors (Lipinski definition) is 6. The Bertz CT molecular complexity index is 1080. The predicted molar refractivity (Wildman–Crippen MR) is 112 cm³/mol. The lowest BCUT2D eigenvalue weighted by Crippen LogP contribution is -2.58. The van der Waals surface area contributed by atoms with Crippen LogP contribution in [0.15, 0.2) is 36.7 Å². The zero-order valence-electron chi connectivity index (χ0n) is 16.8. The summed E-state index contributed by atoms with van der Waals surface area (Å²) >= 11 is 0. The Morgan fingerprint density at radius 1 is 1.07 bits per heavy atom.